The molecule has 1 aromatic rings. The summed E-state index contributed by atoms with van der Waals surface area (Å²) in [5.41, 5.74) is 0. The third kappa shape index (κ3) is 4.41. The van der Waals surface area contributed by atoms with E-state index < -0.39 is 0 Å². The first-order valence-electron chi connectivity index (χ1n) is 7.70. The number of ether oxygens (including phenoxy) is 2. The highest BCUT2D eigenvalue weighted by Crippen LogP contribution is 2.30. The van der Waals surface area contributed by atoms with Crippen molar-refractivity contribution >= 4 is 6.03 Å². The van der Waals surface area contributed by atoms with E-state index in [0.29, 0.717) is 38.0 Å². The highest BCUT2D eigenvalue weighted by atomic mass is 16.5. The number of methoxy groups -OCH3 is 1. The third-order valence-corrected chi connectivity index (χ3v) is 3.48. The van der Waals surface area contributed by atoms with Crippen molar-refractivity contribution in [1.29, 1.82) is 0 Å². The Labute approximate surface area is 130 Å². The molecule has 1 atom stereocenters. The molecule has 0 saturated carbocycles. The summed E-state index contributed by atoms with van der Waals surface area (Å²) in [5.74, 6) is 0.974. The first-order valence-corrected chi connectivity index (χ1v) is 7.70. The van der Waals surface area contributed by atoms with Crippen molar-refractivity contribution in [3.05, 3.63) is 11.7 Å². The van der Waals surface area contributed by atoms with Crippen LogP contribution < -0.4 is 5.32 Å². The largest absolute Gasteiger partial charge is 0.382 e. The molecule has 1 N–H and O–H groups in total. The lowest BCUT2D eigenvalue weighted by molar-refractivity contribution is 0.0494. The Hall–Kier alpha value is -1.67. The van der Waals surface area contributed by atoms with Gasteiger partial charge in [0.1, 0.15) is 6.61 Å². The second-order valence-corrected chi connectivity index (χ2v) is 5.18. The molecule has 1 unspecified atom stereocenters. The minimum atomic E-state index is -0.117. The predicted molar refractivity (Wildman–Crippen MR) is 78.2 cm³/mol. The highest BCUT2D eigenvalue weighted by Gasteiger charge is 2.33. The fourth-order valence-electron chi connectivity index (χ4n) is 2.38. The van der Waals surface area contributed by atoms with Gasteiger partial charge in [0.05, 0.1) is 19.3 Å². The summed E-state index contributed by atoms with van der Waals surface area (Å²) in [5, 5.41) is 6.88. The molecule has 0 aliphatic carbocycles. The molecule has 0 bridgehead atoms. The summed E-state index contributed by atoms with van der Waals surface area (Å²) in [6.07, 6.45) is 2.71. The van der Waals surface area contributed by atoms with Crippen molar-refractivity contribution < 1.29 is 18.8 Å². The van der Waals surface area contributed by atoms with Crippen LogP contribution in [0.1, 0.15) is 43.9 Å². The first kappa shape index (κ1) is 16.7. The summed E-state index contributed by atoms with van der Waals surface area (Å²) < 4.78 is 15.4. The van der Waals surface area contributed by atoms with Gasteiger partial charge < -0.3 is 24.2 Å². The monoisotopic (exact) mass is 312 g/mol. The van der Waals surface area contributed by atoms with E-state index in [4.69, 9.17) is 14.0 Å². The summed E-state index contributed by atoms with van der Waals surface area (Å²) in [6.45, 7) is 4.67. The van der Waals surface area contributed by atoms with Gasteiger partial charge in [-0.25, -0.2) is 4.79 Å². The molecule has 2 heterocycles. The van der Waals surface area contributed by atoms with E-state index in [1.807, 2.05) is 6.92 Å². The average molecular weight is 312 g/mol. The SMILES string of the molecule is CCCNC(=O)N1CCCC1c1noc(COCCOC)n1. The molecular weight excluding hydrogens is 288 g/mol. The second-order valence-electron chi connectivity index (χ2n) is 5.18. The summed E-state index contributed by atoms with van der Waals surface area (Å²) in [6, 6.07) is -0.180. The van der Waals surface area contributed by atoms with Crippen LogP contribution in [-0.2, 0) is 16.1 Å². The van der Waals surface area contributed by atoms with Crippen molar-refractivity contribution in [2.75, 3.05) is 33.4 Å². The van der Waals surface area contributed by atoms with Crippen LogP contribution >= 0.6 is 0 Å². The molecule has 22 heavy (non-hydrogen) atoms. The van der Waals surface area contributed by atoms with Gasteiger partial charge in [0.15, 0.2) is 5.82 Å². The molecule has 0 spiro atoms. The highest BCUT2D eigenvalue weighted by molar-refractivity contribution is 5.74. The van der Waals surface area contributed by atoms with Gasteiger partial charge in [0.2, 0.25) is 0 Å². The smallest absolute Gasteiger partial charge is 0.318 e. The van der Waals surface area contributed by atoms with Crippen LogP contribution in [0.15, 0.2) is 4.52 Å². The Kier molecular flexibility index (Phi) is 6.60. The number of rotatable bonds is 8. The minimum absolute atomic E-state index is 0.0629. The molecular formula is C14H24N4O4. The Bertz CT molecular complexity index is 465. The number of carbonyl (C=O) groups excluding carboxylic acids is 1. The Balaban J connectivity index is 1.89. The average Bonchev–Trinajstić information content (AvgIpc) is 3.17. The van der Waals surface area contributed by atoms with Gasteiger partial charge in [0.25, 0.3) is 5.89 Å². The maximum Gasteiger partial charge on any atom is 0.318 e. The lowest BCUT2D eigenvalue weighted by atomic mass is 10.2. The lowest BCUT2D eigenvalue weighted by Crippen LogP contribution is -2.40. The molecule has 2 amide bonds. The number of nitrogens with zero attached hydrogens (tertiary/aromatic N) is 3. The van der Waals surface area contributed by atoms with E-state index in [1.54, 1.807) is 12.0 Å². The number of hydrogen-bond acceptors (Lipinski definition) is 6. The number of carbonyl (C=O) groups is 1. The van der Waals surface area contributed by atoms with Gasteiger partial charge in [-0.15, -0.1) is 0 Å². The van der Waals surface area contributed by atoms with Gasteiger partial charge in [-0.3, -0.25) is 0 Å². The topological polar surface area (TPSA) is 89.7 Å². The number of amides is 2. The maximum atomic E-state index is 12.1. The van der Waals surface area contributed by atoms with Crippen molar-refractivity contribution in [3.8, 4) is 0 Å². The van der Waals surface area contributed by atoms with E-state index in [-0.39, 0.29) is 18.7 Å². The zero-order valence-corrected chi connectivity index (χ0v) is 13.2. The lowest BCUT2D eigenvalue weighted by Gasteiger charge is -2.22. The van der Waals surface area contributed by atoms with E-state index >= 15 is 0 Å². The molecule has 1 aliphatic heterocycles. The maximum absolute atomic E-state index is 12.1. The van der Waals surface area contributed by atoms with Crippen molar-refractivity contribution in [2.45, 2.75) is 38.8 Å². The second kappa shape index (κ2) is 8.70. The van der Waals surface area contributed by atoms with Gasteiger partial charge in [-0.2, -0.15) is 4.98 Å². The van der Waals surface area contributed by atoms with E-state index in [2.05, 4.69) is 15.5 Å². The van der Waals surface area contributed by atoms with Crippen molar-refractivity contribution in [2.24, 2.45) is 0 Å². The summed E-state index contributed by atoms with van der Waals surface area (Å²) in [4.78, 5) is 18.2. The van der Waals surface area contributed by atoms with E-state index in [0.717, 1.165) is 19.3 Å². The molecule has 8 heteroatoms. The molecule has 8 nitrogen and oxygen atoms in total. The Morgan fingerprint density at radius 1 is 1.50 bits per heavy atom. The Morgan fingerprint density at radius 2 is 2.36 bits per heavy atom. The number of hydrogen-bond donors (Lipinski definition) is 1. The zero-order chi connectivity index (χ0) is 15.8. The molecule has 124 valence electrons. The Morgan fingerprint density at radius 3 is 3.14 bits per heavy atom. The predicted octanol–water partition coefficient (Wildman–Crippen LogP) is 1.49. The van der Waals surface area contributed by atoms with Crippen LogP contribution in [0.2, 0.25) is 0 Å². The van der Waals surface area contributed by atoms with Gasteiger partial charge in [-0.1, -0.05) is 12.1 Å². The number of urea groups is 1. The van der Waals surface area contributed by atoms with Crippen LogP contribution in [0.25, 0.3) is 0 Å². The van der Waals surface area contributed by atoms with E-state index in [9.17, 15) is 4.79 Å². The van der Waals surface area contributed by atoms with Crippen LogP contribution in [0.5, 0.6) is 0 Å². The number of likely N-dealkylation sites (tertiary alicyclic amines) is 1. The molecule has 2 rings (SSSR count). The van der Waals surface area contributed by atoms with Crippen LogP contribution in [0, 0.1) is 0 Å². The molecule has 1 saturated heterocycles. The molecule has 1 fully saturated rings. The summed E-state index contributed by atoms with van der Waals surface area (Å²) in [7, 11) is 1.62. The van der Waals surface area contributed by atoms with Crippen LogP contribution in [0.4, 0.5) is 4.79 Å². The summed E-state index contributed by atoms with van der Waals surface area (Å²) >= 11 is 0. The quantitative estimate of drug-likeness (QED) is 0.731. The standard InChI is InChI=1S/C14H24N4O4/c1-3-6-15-14(19)18-7-4-5-11(18)13-16-12(22-17-13)10-21-9-8-20-2/h11H,3-10H2,1-2H3,(H,15,19). The zero-order valence-electron chi connectivity index (χ0n) is 13.2. The molecule has 1 aliphatic rings. The third-order valence-electron chi connectivity index (χ3n) is 3.48. The molecule has 0 radical (unpaired) electrons. The molecule has 0 aromatic carbocycles. The van der Waals surface area contributed by atoms with Gasteiger partial charge in [-0.05, 0) is 19.3 Å². The van der Waals surface area contributed by atoms with Crippen molar-refractivity contribution in [3.63, 3.8) is 0 Å². The molecule has 1 aromatic heterocycles. The van der Waals surface area contributed by atoms with Gasteiger partial charge >= 0.3 is 6.03 Å². The fraction of sp³-hybridized carbons (Fsp3) is 0.786. The normalized spacial score (nSPS) is 17.9. The van der Waals surface area contributed by atoms with E-state index in [1.165, 1.54) is 0 Å². The van der Waals surface area contributed by atoms with Gasteiger partial charge in [0, 0.05) is 20.2 Å². The number of nitrogens with one attached hydrogen (secondary N) is 1. The van der Waals surface area contributed by atoms with Crippen LogP contribution in [0.3, 0.4) is 0 Å². The minimum Gasteiger partial charge on any atom is -0.382 e. The van der Waals surface area contributed by atoms with Crippen LogP contribution in [-0.4, -0.2) is 54.5 Å². The number of aromatic nitrogens is 2. The van der Waals surface area contributed by atoms with Crippen molar-refractivity contribution in [1.82, 2.24) is 20.4 Å². The first-order chi connectivity index (χ1) is 10.8. The fourth-order valence-corrected chi connectivity index (χ4v) is 2.38.